The van der Waals surface area contributed by atoms with Gasteiger partial charge in [0.25, 0.3) is 5.91 Å². The van der Waals surface area contributed by atoms with Crippen molar-refractivity contribution in [2.45, 2.75) is 18.6 Å². The van der Waals surface area contributed by atoms with Crippen molar-refractivity contribution in [3.63, 3.8) is 0 Å². The SMILES string of the molecule is CC(CCO)SCCOc1ccc(C(=O)NN)cc1. The van der Waals surface area contributed by atoms with Gasteiger partial charge >= 0.3 is 0 Å². The lowest BCUT2D eigenvalue weighted by Crippen LogP contribution is -2.29. The minimum Gasteiger partial charge on any atom is -0.493 e. The van der Waals surface area contributed by atoms with Gasteiger partial charge in [-0.2, -0.15) is 11.8 Å². The zero-order valence-corrected chi connectivity index (χ0v) is 11.8. The average Bonchev–Trinajstić information content (AvgIpc) is 2.44. The Balaban J connectivity index is 2.28. The number of nitrogen functional groups attached to an aromatic ring is 1. The summed E-state index contributed by atoms with van der Waals surface area (Å²) in [6.45, 7) is 2.91. The van der Waals surface area contributed by atoms with Crippen LogP contribution >= 0.6 is 11.8 Å². The van der Waals surface area contributed by atoms with Crippen molar-refractivity contribution in [1.29, 1.82) is 0 Å². The number of thioether (sulfide) groups is 1. The molecular formula is C13H20N2O3S. The number of aliphatic hydroxyl groups excluding tert-OH is 1. The van der Waals surface area contributed by atoms with E-state index >= 15 is 0 Å². The molecule has 0 aliphatic carbocycles. The van der Waals surface area contributed by atoms with E-state index in [1.165, 1.54) is 0 Å². The largest absolute Gasteiger partial charge is 0.493 e. The molecule has 4 N–H and O–H groups in total. The Bertz CT molecular complexity index is 384. The standard InChI is InChI=1S/C13H20N2O3S/c1-10(6-7-16)19-9-8-18-12-4-2-11(3-5-12)13(17)15-14/h2-5,10,16H,6-9,14H2,1H3,(H,15,17). The van der Waals surface area contributed by atoms with Crippen molar-refractivity contribution >= 4 is 17.7 Å². The highest BCUT2D eigenvalue weighted by Gasteiger charge is 2.04. The molecule has 1 atom stereocenters. The monoisotopic (exact) mass is 284 g/mol. The van der Waals surface area contributed by atoms with Crippen molar-refractivity contribution in [2.75, 3.05) is 19.0 Å². The molecule has 0 radical (unpaired) electrons. The van der Waals surface area contributed by atoms with Crippen molar-refractivity contribution < 1.29 is 14.6 Å². The molecular weight excluding hydrogens is 264 g/mol. The number of rotatable bonds is 8. The zero-order chi connectivity index (χ0) is 14.1. The first kappa shape index (κ1) is 15.8. The second kappa shape index (κ2) is 8.79. The maximum Gasteiger partial charge on any atom is 0.265 e. The van der Waals surface area contributed by atoms with Crippen LogP contribution in [0.1, 0.15) is 23.7 Å². The lowest BCUT2D eigenvalue weighted by molar-refractivity contribution is 0.0953. The third kappa shape index (κ3) is 5.96. The summed E-state index contributed by atoms with van der Waals surface area (Å²) in [4.78, 5) is 11.2. The van der Waals surface area contributed by atoms with E-state index in [-0.39, 0.29) is 12.5 Å². The quantitative estimate of drug-likeness (QED) is 0.289. The maximum absolute atomic E-state index is 11.2. The van der Waals surface area contributed by atoms with Crippen molar-refractivity contribution in [3.05, 3.63) is 29.8 Å². The maximum atomic E-state index is 11.2. The van der Waals surface area contributed by atoms with E-state index in [0.717, 1.165) is 17.9 Å². The third-order valence-electron chi connectivity index (χ3n) is 2.54. The van der Waals surface area contributed by atoms with Gasteiger partial charge in [0.1, 0.15) is 5.75 Å². The number of aliphatic hydroxyl groups is 1. The number of hydrogen-bond acceptors (Lipinski definition) is 5. The average molecular weight is 284 g/mol. The minimum atomic E-state index is -0.320. The summed E-state index contributed by atoms with van der Waals surface area (Å²) in [6, 6.07) is 6.82. The molecule has 0 bridgehead atoms. The summed E-state index contributed by atoms with van der Waals surface area (Å²) in [5.41, 5.74) is 2.57. The van der Waals surface area contributed by atoms with Crippen LogP contribution in [0.3, 0.4) is 0 Å². The van der Waals surface area contributed by atoms with Crippen molar-refractivity contribution in [1.82, 2.24) is 5.43 Å². The Morgan fingerprint density at radius 1 is 1.47 bits per heavy atom. The van der Waals surface area contributed by atoms with Gasteiger partial charge in [0, 0.05) is 23.2 Å². The van der Waals surface area contributed by atoms with Gasteiger partial charge in [-0.15, -0.1) is 0 Å². The molecule has 1 aromatic rings. The van der Waals surface area contributed by atoms with Crippen LogP contribution in [0.4, 0.5) is 0 Å². The second-order valence-corrected chi connectivity index (χ2v) is 5.59. The predicted molar refractivity (Wildman–Crippen MR) is 77.2 cm³/mol. The fraction of sp³-hybridized carbons (Fsp3) is 0.462. The number of hydrogen-bond donors (Lipinski definition) is 3. The molecule has 0 aromatic heterocycles. The number of benzene rings is 1. The van der Waals surface area contributed by atoms with Gasteiger partial charge in [-0.25, -0.2) is 5.84 Å². The number of hydrazine groups is 1. The number of ether oxygens (including phenoxy) is 1. The summed E-state index contributed by atoms with van der Waals surface area (Å²) in [6.07, 6.45) is 0.799. The van der Waals surface area contributed by atoms with Crippen LogP contribution in [-0.4, -0.2) is 35.2 Å². The smallest absolute Gasteiger partial charge is 0.265 e. The Morgan fingerprint density at radius 3 is 2.74 bits per heavy atom. The Kier molecular flexibility index (Phi) is 7.32. The van der Waals surface area contributed by atoms with Crippen LogP contribution in [-0.2, 0) is 0 Å². The number of nitrogens with one attached hydrogen (secondary N) is 1. The van der Waals surface area contributed by atoms with Crippen LogP contribution in [0.25, 0.3) is 0 Å². The molecule has 1 unspecified atom stereocenters. The molecule has 1 aromatic carbocycles. The third-order valence-corrected chi connectivity index (χ3v) is 3.74. The topological polar surface area (TPSA) is 84.6 Å². The summed E-state index contributed by atoms with van der Waals surface area (Å²) >= 11 is 1.77. The number of amides is 1. The first-order valence-electron chi connectivity index (χ1n) is 6.13. The van der Waals surface area contributed by atoms with E-state index in [2.05, 4.69) is 12.3 Å². The predicted octanol–water partition coefficient (Wildman–Crippen LogP) is 1.17. The van der Waals surface area contributed by atoms with E-state index in [0.29, 0.717) is 17.4 Å². The summed E-state index contributed by atoms with van der Waals surface area (Å²) in [7, 11) is 0. The number of nitrogens with two attached hydrogens (primary N) is 1. The van der Waals surface area contributed by atoms with E-state index in [4.69, 9.17) is 15.7 Å². The second-order valence-electron chi connectivity index (χ2n) is 4.04. The minimum absolute atomic E-state index is 0.222. The number of carbonyl (C=O) groups excluding carboxylic acids is 1. The normalized spacial score (nSPS) is 11.9. The summed E-state index contributed by atoms with van der Waals surface area (Å²) in [5.74, 6) is 6.32. The van der Waals surface area contributed by atoms with Crippen LogP contribution in [0.2, 0.25) is 0 Å². The first-order valence-corrected chi connectivity index (χ1v) is 7.18. The highest BCUT2D eigenvalue weighted by atomic mass is 32.2. The lowest BCUT2D eigenvalue weighted by Gasteiger charge is -2.10. The van der Waals surface area contributed by atoms with Gasteiger partial charge in [0.15, 0.2) is 0 Å². The molecule has 1 amide bonds. The Labute approximate surface area is 117 Å². The molecule has 1 rings (SSSR count). The van der Waals surface area contributed by atoms with Crippen LogP contribution in [0, 0.1) is 0 Å². The Morgan fingerprint density at radius 2 is 2.16 bits per heavy atom. The van der Waals surface area contributed by atoms with Gasteiger partial charge in [-0.05, 0) is 30.7 Å². The van der Waals surface area contributed by atoms with Gasteiger partial charge in [0.2, 0.25) is 0 Å². The Hall–Kier alpha value is -1.24. The first-order chi connectivity index (χ1) is 9.17. The highest BCUT2D eigenvalue weighted by Crippen LogP contribution is 2.15. The molecule has 5 nitrogen and oxygen atoms in total. The van der Waals surface area contributed by atoms with Crippen molar-refractivity contribution in [2.24, 2.45) is 5.84 Å². The van der Waals surface area contributed by atoms with Gasteiger partial charge in [-0.1, -0.05) is 6.92 Å². The molecule has 0 saturated heterocycles. The molecule has 0 spiro atoms. The molecule has 0 aliphatic heterocycles. The van der Waals surface area contributed by atoms with Crippen molar-refractivity contribution in [3.8, 4) is 5.75 Å². The van der Waals surface area contributed by atoms with E-state index < -0.39 is 0 Å². The van der Waals surface area contributed by atoms with Gasteiger partial charge in [-0.3, -0.25) is 10.2 Å². The van der Waals surface area contributed by atoms with Crippen LogP contribution < -0.4 is 16.0 Å². The molecule has 106 valence electrons. The fourth-order valence-corrected chi connectivity index (χ4v) is 2.31. The van der Waals surface area contributed by atoms with E-state index in [9.17, 15) is 4.79 Å². The van der Waals surface area contributed by atoms with E-state index in [1.807, 2.05) is 0 Å². The zero-order valence-electron chi connectivity index (χ0n) is 11.0. The number of carbonyl (C=O) groups is 1. The summed E-state index contributed by atoms with van der Waals surface area (Å²) < 4.78 is 5.56. The fourth-order valence-electron chi connectivity index (χ4n) is 1.46. The molecule has 6 heteroatoms. The van der Waals surface area contributed by atoms with Gasteiger partial charge in [0.05, 0.1) is 6.61 Å². The van der Waals surface area contributed by atoms with Crippen LogP contribution in [0.5, 0.6) is 5.75 Å². The molecule has 0 heterocycles. The van der Waals surface area contributed by atoms with Gasteiger partial charge < -0.3 is 9.84 Å². The highest BCUT2D eigenvalue weighted by molar-refractivity contribution is 7.99. The molecule has 0 saturated carbocycles. The lowest BCUT2D eigenvalue weighted by atomic mass is 10.2. The molecule has 0 aliphatic rings. The molecule has 0 fully saturated rings. The molecule has 19 heavy (non-hydrogen) atoms. The van der Waals surface area contributed by atoms with E-state index in [1.54, 1.807) is 36.0 Å². The summed E-state index contributed by atoms with van der Waals surface area (Å²) in [5, 5.41) is 9.21. The van der Waals surface area contributed by atoms with Crippen LogP contribution in [0.15, 0.2) is 24.3 Å².